The molecule has 4 nitrogen and oxygen atoms in total. The third-order valence-corrected chi connectivity index (χ3v) is 6.55. The summed E-state index contributed by atoms with van der Waals surface area (Å²) in [7, 11) is 0. The third-order valence-electron chi connectivity index (χ3n) is 6.55. The number of hydrogen-bond acceptors (Lipinski definition) is 3. The zero-order chi connectivity index (χ0) is 14.8. The van der Waals surface area contributed by atoms with Gasteiger partial charge in [-0.15, -0.1) is 0 Å². The fraction of sp³-hybridized carbons (Fsp3) is 0.938. The van der Waals surface area contributed by atoms with Crippen LogP contribution in [0.5, 0.6) is 0 Å². The van der Waals surface area contributed by atoms with Gasteiger partial charge in [-0.2, -0.15) is 0 Å². The smallest absolute Gasteiger partial charge is 0.241 e. The molecule has 0 aromatic carbocycles. The summed E-state index contributed by atoms with van der Waals surface area (Å²) in [5.74, 6) is 0.835. The van der Waals surface area contributed by atoms with Gasteiger partial charge in [0.05, 0.1) is 6.10 Å². The van der Waals surface area contributed by atoms with Crippen LogP contribution >= 0.6 is 0 Å². The lowest BCUT2D eigenvalue weighted by Gasteiger charge is -2.60. The quantitative estimate of drug-likeness (QED) is 0.823. The Morgan fingerprint density at radius 3 is 2.60 bits per heavy atom. The topological polar surface area (TPSA) is 64.4 Å². The number of amides is 1. The molecule has 0 bridgehead atoms. The van der Waals surface area contributed by atoms with Crippen molar-refractivity contribution >= 4 is 5.91 Å². The van der Waals surface area contributed by atoms with Crippen LogP contribution in [0.15, 0.2) is 0 Å². The summed E-state index contributed by atoms with van der Waals surface area (Å²) in [6, 6.07) is 0. The molecule has 20 heavy (non-hydrogen) atoms. The molecule has 1 aliphatic heterocycles. The number of carbonyl (C=O) groups is 1. The van der Waals surface area contributed by atoms with Gasteiger partial charge in [0.15, 0.2) is 0 Å². The Hall–Kier alpha value is -0.610. The summed E-state index contributed by atoms with van der Waals surface area (Å²) >= 11 is 0. The van der Waals surface area contributed by atoms with Crippen LogP contribution in [0.4, 0.5) is 0 Å². The maximum absolute atomic E-state index is 12.7. The van der Waals surface area contributed by atoms with Crippen molar-refractivity contribution in [2.45, 2.75) is 58.6 Å². The monoisotopic (exact) mass is 280 g/mol. The highest BCUT2D eigenvalue weighted by atomic mass is 16.5. The van der Waals surface area contributed by atoms with E-state index in [0.717, 1.165) is 19.6 Å². The van der Waals surface area contributed by atoms with Crippen molar-refractivity contribution < 1.29 is 9.53 Å². The van der Waals surface area contributed by atoms with E-state index >= 15 is 0 Å². The molecule has 3 rings (SSSR count). The number of nitrogens with two attached hydrogens (primary N) is 1. The van der Waals surface area contributed by atoms with Gasteiger partial charge in [0.25, 0.3) is 0 Å². The first kappa shape index (κ1) is 14.3. The number of fused-ring (bicyclic) bond motifs is 1. The number of carbonyl (C=O) groups excluding carboxylic acids is 1. The molecular formula is C16H28N2O2. The van der Waals surface area contributed by atoms with Gasteiger partial charge in [0.2, 0.25) is 5.91 Å². The van der Waals surface area contributed by atoms with E-state index in [0.29, 0.717) is 11.3 Å². The molecule has 0 radical (unpaired) electrons. The maximum atomic E-state index is 12.7. The highest BCUT2D eigenvalue weighted by Gasteiger charge is 2.71. The first-order chi connectivity index (χ1) is 9.26. The Labute approximate surface area is 121 Å². The summed E-state index contributed by atoms with van der Waals surface area (Å²) in [5.41, 5.74) is 5.83. The molecule has 3 atom stereocenters. The van der Waals surface area contributed by atoms with Gasteiger partial charge in [0.1, 0.15) is 5.54 Å². The number of rotatable bonds is 4. The van der Waals surface area contributed by atoms with Gasteiger partial charge in [-0.1, -0.05) is 27.7 Å². The highest BCUT2D eigenvalue weighted by Crippen LogP contribution is 2.58. The van der Waals surface area contributed by atoms with E-state index < -0.39 is 5.54 Å². The van der Waals surface area contributed by atoms with E-state index in [2.05, 4.69) is 33.0 Å². The number of nitrogens with one attached hydrogen (secondary N) is 1. The van der Waals surface area contributed by atoms with Crippen LogP contribution in [0.2, 0.25) is 0 Å². The lowest BCUT2D eigenvalue weighted by Crippen LogP contribution is -2.80. The third kappa shape index (κ3) is 1.64. The lowest BCUT2D eigenvalue weighted by atomic mass is 9.48. The standard InChI is InChI=1S/C16H28N2O2/c1-10(2)15(6-7-15)9-18-13(19)16(17)11-5-8-20-12(11)14(16,3)4/h10-12H,5-9,17H2,1-4H3,(H,18,19). The first-order valence-corrected chi connectivity index (χ1v) is 7.94. The molecule has 3 unspecified atom stereocenters. The molecule has 2 saturated carbocycles. The van der Waals surface area contributed by atoms with E-state index in [9.17, 15) is 4.79 Å². The maximum Gasteiger partial charge on any atom is 0.241 e. The molecule has 4 heteroatoms. The Morgan fingerprint density at radius 1 is 1.40 bits per heavy atom. The van der Waals surface area contributed by atoms with Crippen molar-refractivity contribution in [2.24, 2.45) is 28.4 Å². The fourth-order valence-corrected chi connectivity index (χ4v) is 4.37. The van der Waals surface area contributed by atoms with E-state index in [4.69, 9.17) is 10.5 Å². The SMILES string of the molecule is CC(C)C1(CNC(=O)C2(N)C3CCOC3C2(C)C)CC1. The van der Waals surface area contributed by atoms with Gasteiger partial charge in [0, 0.05) is 24.5 Å². The first-order valence-electron chi connectivity index (χ1n) is 7.94. The normalized spacial score (nSPS) is 40.1. The van der Waals surface area contributed by atoms with Crippen LogP contribution < -0.4 is 11.1 Å². The zero-order valence-electron chi connectivity index (χ0n) is 13.2. The molecule has 1 heterocycles. The fourth-order valence-electron chi connectivity index (χ4n) is 4.37. The van der Waals surface area contributed by atoms with Gasteiger partial charge in [-0.3, -0.25) is 4.79 Å². The summed E-state index contributed by atoms with van der Waals surface area (Å²) in [6.07, 6.45) is 3.51. The molecule has 0 aromatic rings. The van der Waals surface area contributed by atoms with Crippen LogP contribution in [0.1, 0.15) is 47.0 Å². The highest BCUT2D eigenvalue weighted by molar-refractivity contribution is 5.89. The molecule has 0 aromatic heterocycles. The van der Waals surface area contributed by atoms with E-state index in [1.807, 2.05) is 0 Å². The molecule has 2 aliphatic carbocycles. The molecule has 3 N–H and O–H groups in total. The number of ether oxygens (including phenoxy) is 1. The van der Waals surface area contributed by atoms with E-state index in [1.54, 1.807) is 0 Å². The van der Waals surface area contributed by atoms with Crippen molar-refractivity contribution in [3.8, 4) is 0 Å². The van der Waals surface area contributed by atoms with Crippen molar-refractivity contribution in [1.82, 2.24) is 5.32 Å². The van der Waals surface area contributed by atoms with Crippen LogP contribution in [0.25, 0.3) is 0 Å². The van der Waals surface area contributed by atoms with Gasteiger partial charge in [-0.25, -0.2) is 0 Å². The molecular weight excluding hydrogens is 252 g/mol. The average molecular weight is 280 g/mol. The van der Waals surface area contributed by atoms with Crippen molar-refractivity contribution in [3.63, 3.8) is 0 Å². The molecule has 1 saturated heterocycles. The second-order valence-corrected chi connectivity index (χ2v) is 7.98. The molecule has 1 amide bonds. The minimum Gasteiger partial charge on any atom is -0.377 e. The number of hydrogen-bond donors (Lipinski definition) is 2. The Morgan fingerprint density at radius 2 is 2.05 bits per heavy atom. The van der Waals surface area contributed by atoms with E-state index in [-0.39, 0.29) is 23.3 Å². The van der Waals surface area contributed by atoms with E-state index in [1.165, 1.54) is 12.8 Å². The predicted molar refractivity (Wildman–Crippen MR) is 78.1 cm³/mol. The van der Waals surface area contributed by atoms with Crippen molar-refractivity contribution in [3.05, 3.63) is 0 Å². The second-order valence-electron chi connectivity index (χ2n) is 7.98. The average Bonchev–Trinajstić information content (AvgIpc) is 3.03. The largest absolute Gasteiger partial charge is 0.377 e. The van der Waals surface area contributed by atoms with Crippen LogP contribution in [0, 0.1) is 22.7 Å². The summed E-state index contributed by atoms with van der Waals surface area (Å²) in [6.45, 7) is 10.1. The van der Waals surface area contributed by atoms with Crippen LogP contribution in [-0.2, 0) is 9.53 Å². The molecule has 3 fully saturated rings. The van der Waals surface area contributed by atoms with Crippen LogP contribution in [-0.4, -0.2) is 30.7 Å². The molecule has 114 valence electrons. The Bertz CT molecular complexity index is 428. The predicted octanol–water partition coefficient (Wildman–Crippen LogP) is 1.68. The molecule has 3 aliphatic rings. The summed E-state index contributed by atoms with van der Waals surface area (Å²) in [5, 5.41) is 3.16. The lowest BCUT2D eigenvalue weighted by molar-refractivity contribution is -0.175. The van der Waals surface area contributed by atoms with Gasteiger partial charge < -0.3 is 15.8 Å². The Balaban J connectivity index is 1.68. The van der Waals surface area contributed by atoms with Crippen molar-refractivity contribution in [1.29, 1.82) is 0 Å². The van der Waals surface area contributed by atoms with Crippen LogP contribution in [0.3, 0.4) is 0 Å². The van der Waals surface area contributed by atoms with Crippen molar-refractivity contribution in [2.75, 3.05) is 13.2 Å². The summed E-state index contributed by atoms with van der Waals surface area (Å²) in [4.78, 5) is 12.7. The Kier molecular flexibility index (Phi) is 3.01. The minimum absolute atomic E-state index is 0.0289. The second kappa shape index (κ2) is 4.20. The van der Waals surface area contributed by atoms with Gasteiger partial charge >= 0.3 is 0 Å². The minimum atomic E-state index is -0.763. The molecule has 0 spiro atoms. The zero-order valence-corrected chi connectivity index (χ0v) is 13.2. The van der Waals surface area contributed by atoms with Gasteiger partial charge in [-0.05, 0) is 30.6 Å². The summed E-state index contributed by atoms with van der Waals surface area (Å²) < 4.78 is 5.75.